The maximum atomic E-state index is 10.3. The largest absolute Gasteiger partial charge is 0.509 e. The first-order valence-corrected chi connectivity index (χ1v) is 8.41. The normalized spacial score (nSPS) is 15.0. The first-order valence-electron chi connectivity index (χ1n) is 7.60. The molecule has 0 saturated heterocycles. The Bertz CT molecular complexity index is 1010. The Morgan fingerprint density at radius 1 is 1.12 bits per heavy atom. The van der Waals surface area contributed by atoms with Crippen LogP contribution in [-0.4, -0.2) is 38.8 Å². The molecule has 3 N–H and O–H groups in total. The van der Waals surface area contributed by atoms with Crippen molar-refractivity contribution in [2.45, 2.75) is 0 Å². The molecule has 0 saturated carbocycles. The number of aromatic nitrogens is 1. The van der Waals surface area contributed by atoms with Gasteiger partial charge < -0.3 is 10.2 Å². The lowest BCUT2D eigenvalue weighted by molar-refractivity contribution is 0.358. The summed E-state index contributed by atoms with van der Waals surface area (Å²) in [6, 6.07) is 14.5. The Hall–Kier alpha value is -3.19. The van der Waals surface area contributed by atoms with Gasteiger partial charge in [0.1, 0.15) is 23.1 Å². The number of nitrogens with one attached hydrogen (secondary N) is 1. The third-order valence-corrected chi connectivity index (χ3v) is 4.92. The maximum absolute atomic E-state index is 10.3. The van der Waals surface area contributed by atoms with E-state index in [-0.39, 0.29) is 23.9 Å². The van der Waals surface area contributed by atoms with Gasteiger partial charge in [0.2, 0.25) is 0 Å². The van der Waals surface area contributed by atoms with E-state index < -0.39 is 0 Å². The van der Waals surface area contributed by atoms with Crippen LogP contribution in [0, 0.1) is 5.41 Å². The molecule has 0 atom stereocenters. The van der Waals surface area contributed by atoms with Crippen LogP contribution in [0.15, 0.2) is 59.4 Å². The van der Waals surface area contributed by atoms with Crippen LogP contribution in [0.5, 0.6) is 5.75 Å². The zero-order valence-electron chi connectivity index (χ0n) is 13.0. The molecule has 0 amide bonds. The van der Waals surface area contributed by atoms with Crippen molar-refractivity contribution in [2.75, 3.05) is 6.54 Å². The lowest BCUT2D eigenvalue weighted by Gasteiger charge is -2.11. The van der Waals surface area contributed by atoms with Crippen molar-refractivity contribution in [1.82, 2.24) is 9.99 Å². The van der Waals surface area contributed by atoms with E-state index in [1.807, 2.05) is 24.3 Å². The fourth-order valence-corrected chi connectivity index (χ4v) is 3.63. The monoisotopic (exact) mass is 350 g/mol. The summed E-state index contributed by atoms with van der Waals surface area (Å²) in [7, 11) is 0. The number of aliphatic hydroxyl groups excluding tert-OH is 1. The fraction of sp³-hybridized carbons (Fsp3) is 0.0556. The minimum Gasteiger partial charge on any atom is -0.509 e. The van der Waals surface area contributed by atoms with E-state index in [4.69, 9.17) is 5.41 Å². The molecule has 6 nitrogen and oxygen atoms in total. The minimum absolute atomic E-state index is 0.0680. The predicted octanol–water partition coefficient (Wildman–Crippen LogP) is 3.60. The van der Waals surface area contributed by atoms with Crippen LogP contribution in [0.1, 0.15) is 10.6 Å². The van der Waals surface area contributed by atoms with Gasteiger partial charge in [-0.15, -0.1) is 11.3 Å². The SMILES string of the molecule is N=C1C(c2nc3ccccc3s2)=C(O)CN1/N=C/c1ccccc1O. The maximum Gasteiger partial charge on any atom is 0.155 e. The molecule has 0 radical (unpaired) electrons. The van der Waals surface area contributed by atoms with E-state index in [0.29, 0.717) is 16.1 Å². The highest BCUT2D eigenvalue weighted by Gasteiger charge is 2.30. The van der Waals surface area contributed by atoms with Gasteiger partial charge in [0.15, 0.2) is 5.84 Å². The number of fused-ring (bicyclic) bond motifs is 1. The third-order valence-electron chi connectivity index (χ3n) is 3.86. The summed E-state index contributed by atoms with van der Waals surface area (Å²) in [5.74, 6) is 0.266. The number of aliphatic hydroxyl groups is 1. The van der Waals surface area contributed by atoms with E-state index in [1.165, 1.54) is 22.6 Å². The molecule has 0 unspecified atom stereocenters. The Kier molecular flexibility index (Phi) is 3.70. The van der Waals surface area contributed by atoms with Crippen molar-refractivity contribution in [2.24, 2.45) is 5.10 Å². The van der Waals surface area contributed by atoms with Crippen molar-refractivity contribution in [3.8, 4) is 5.75 Å². The van der Waals surface area contributed by atoms with Gasteiger partial charge in [-0.3, -0.25) is 5.41 Å². The number of amidine groups is 1. The molecule has 4 rings (SSSR count). The number of para-hydroxylation sites is 2. The van der Waals surface area contributed by atoms with E-state index in [0.717, 1.165) is 10.2 Å². The topological polar surface area (TPSA) is 92.8 Å². The minimum atomic E-state index is 0.0680. The quantitative estimate of drug-likeness (QED) is 0.629. The molecule has 25 heavy (non-hydrogen) atoms. The van der Waals surface area contributed by atoms with Crippen molar-refractivity contribution in [3.63, 3.8) is 0 Å². The lowest BCUT2D eigenvalue weighted by Crippen LogP contribution is -2.20. The van der Waals surface area contributed by atoms with Crippen LogP contribution in [0.4, 0.5) is 0 Å². The number of nitrogens with zero attached hydrogens (tertiary/aromatic N) is 3. The Labute approximate surface area is 147 Å². The van der Waals surface area contributed by atoms with Crippen molar-refractivity contribution >= 4 is 39.2 Å². The van der Waals surface area contributed by atoms with Gasteiger partial charge in [-0.2, -0.15) is 5.10 Å². The van der Waals surface area contributed by atoms with Crippen molar-refractivity contribution < 1.29 is 10.2 Å². The number of phenols is 1. The molecule has 0 fully saturated rings. The summed E-state index contributed by atoms with van der Waals surface area (Å²) in [5.41, 5.74) is 1.78. The number of rotatable bonds is 3. The molecular weight excluding hydrogens is 336 g/mol. The zero-order valence-corrected chi connectivity index (χ0v) is 13.9. The highest BCUT2D eigenvalue weighted by molar-refractivity contribution is 7.19. The molecule has 0 spiro atoms. The molecule has 2 aromatic carbocycles. The van der Waals surface area contributed by atoms with Crippen molar-refractivity contribution in [3.05, 3.63) is 64.9 Å². The van der Waals surface area contributed by atoms with Gasteiger partial charge in [-0.25, -0.2) is 9.99 Å². The summed E-state index contributed by atoms with van der Waals surface area (Å²) in [6.45, 7) is 0.105. The van der Waals surface area contributed by atoms with Crippen LogP contribution in [0.2, 0.25) is 0 Å². The number of benzene rings is 2. The zero-order chi connectivity index (χ0) is 17.4. The van der Waals surface area contributed by atoms with Crippen LogP contribution in [0.3, 0.4) is 0 Å². The van der Waals surface area contributed by atoms with Crippen LogP contribution in [0.25, 0.3) is 15.8 Å². The smallest absolute Gasteiger partial charge is 0.155 e. The number of hydrazone groups is 1. The predicted molar refractivity (Wildman–Crippen MR) is 99.3 cm³/mol. The van der Waals surface area contributed by atoms with Crippen LogP contribution in [-0.2, 0) is 0 Å². The van der Waals surface area contributed by atoms with Crippen LogP contribution < -0.4 is 0 Å². The Morgan fingerprint density at radius 2 is 1.88 bits per heavy atom. The molecule has 0 bridgehead atoms. The summed E-state index contributed by atoms with van der Waals surface area (Å²) in [6.07, 6.45) is 1.47. The Balaban J connectivity index is 1.62. The molecule has 1 aliphatic heterocycles. The molecule has 1 aromatic heterocycles. The van der Waals surface area contributed by atoms with Gasteiger partial charge in [0.05, 0.1) is 22.0 Å². The van der Waals surface area contributed by atoms with Crippen molar-refractivity contribution in [1.29, 1.82) is 5.41 Å². The molecule has 2 heterocycles. The summed E-state index contributed by atoms with van der Waals surface area (Å²) in [4.78, 5) is 4.50. The average Bonchev–Trinajstić information content (AvgIpc) is 3.14. The fourth-order valence-electron chi connectivity index (χ4n) is 2.60. The van der Waals surface area contributed by atoms with E-state index >= 15 is 0 Å². The first kappa shape index (κ1) is 15.3. The van der Waals surface area contributed by atoms with Gasteiger partial charge in [0.25, 0.3) is 0 Å². The number of aromatic hydroxyl groups is 1. The van der Waals surface area contributed by atoms with Gasteiger partial charge in [-0.1, -0.05) is 24.3 Å². The summed E-state index contributed by atoms with van der Waals surface area (Å²) in [5, 5.41) is 34.6. The van der Waals surface area contributed by atoms with Gasteiger partial charge >= 0.3 is 0 Å². The van der Waals surface area contributed by atoms with E-state index in [2.05, 4.69) is 10.1 Å². The van der Waals surface area contributed by atoms with E-state index in [9.17, 15) is 10.2 Å². The van der Waals surface area contributed by atoms with Gasteiger partial charge in [0, 0.05) is 5.56 Å². The second kappa shape index (κ2) is 6.03. The Morgan fingerprint density at radius 3 is 2.68 bits per heavy atom. The number of phenolic OH excluding ortho intramolecular Hbond substituents is 1. The first-order chi connectivity index (χ1) is 12.1. The second-order valence-electron chi connectivity index (χ2n) is 5.52. The molecule has 1 aliphatic rings. The number of hydrogen-bond acceptors (Lipinski definition) is 6. The third kappa shape index (κ3) is 2.74. The second-order valence-corrected chi connectivity index (χ2v) is 6.55. The molecule has 124 valence electrons. The highest BCUT2D eigenvalue weighted by atomic mass is 32.1. The summed E-state index contributed by atoms with van der Waals surface area (Å²) >= 11 is 1.43. The molecule has 7 heteroatoms. The number of hydrogen-bond donors (Lipinski definition) is 3. The standard InChI is InChI=1S/C18H14N4O2S/c19-17-16(18-21-12-6-2-4-8-15(12)25-18)14(24)10-22(17)20-9-11-5-1-3-7-13(11)23/h1-9,19,23-24H,10H2/b19-17?,20-9+. The average molecular weight is 350 g/mol. The van der Waals surface area contributed by atoms with E-state index in [1.54, 1.807) is 24.3 Å². The van der Waals surface area contributed by atoms with Crippen LogP contribution >= 0.6 is 11.3 Å². The molecular formula is C18H14N4O2S. The van der Waals surface area contributed by atoms with Gasteiger partial charge in [-0.05, 0) is 24.3 Å². The summed E-state index contributed by atoms with van der Waals surface area (Å²) < 4.78 is 1.00. The lowest BCUT2D eigenvalue weighted by atomic mass is 10.2. The highest BCUT2D eigenvalue weighted by Crippen LogP contribution is 2.33. The number of thiazole rings is 1. The molecule has 3 aromatic rings. The molecule has 0 aliphatic carbocycles.